The van der Waals surface area contributed by atoms with Gasteiger partial charge in [-0.3, -0.25) is 4.79 Å². The minimum absolute atomic E-state index is 0.104. The summed E-state index contributed by atoms with van der Waals surface area (Å²) in [5.74, 6) is 2.02. The molecule has 174 valence electrons. The van der Waals surface area contributed by atoms with E-state index in [2.05, 4.69) is 0 Å². The Balaban J connectivity index is 1.99. The summed E-state index contributed by atoms with van der Waals surface area (Å²) >= 11 is 0. The first kappa shape index (κ1) is 24.0. The third-order valence-corrected chi connectivity index (χ3v) is 5.61. The average Bonchev–Trinajstić information content (AvgIpc) is 2.86. The lowest BCUT2D eigenvalue weighted by molar-refractivity contribution is 0.0674. The van der Waals surface area contributed by atoms with E-state index in [0.29, 0.717) is 35.8 Å². The van der Waals surface area contributed by atoms with E-state index >= 15 is 0 Å². The lowest BCUT2D eigenvalue weighted by Crippen LogP contribution is -2.39. The number of ether oxygens (including phenoxy) is 4. The van der Waals surface area contributed by atoms with Crippen molar-refractivity contribution in [1.29, 1.82) is 0 Å². The molecule has 0 aromatic heterocycles. The van der Waals surface area contributed by atoms with E-state index in [1.807, 2.05) is 66.4 Å². The number of carbonyl (C=O) groups is 1. The molecule has 0 saturated heterocycles. The van der Waals surface area contributed by atoms with Crippen molar-refractivity contribution in [2.45, 2.75) is 25.9 Å². The molecule has 0 heterocycles. The number of hydrogen-bond donors (Lipinski definition) is 0. The van der Waals surface area contributed by atoms with Crippen LogP contribution in [0.15, 0.2) is 66.7 Å². The van der Waals surface area contributed by atoms with Crippen LogP contribution in [0.2, 0.25) is 0 Å². The van der Waals surface area contributed by atoms with E-state index in [1.165, 1.54) is 14.2 Å². The molecule has 33 heavy (non-hydrogen) atoms. The van der Waals surface area contributed by atoms with E-state index < -0.39 is 0 Å². The monoisotopic (exact) mass is 449 g/mol. The third kappa shape index (κ3) is 5.58. The van der Waals surface area contributed by atoms with Crippen LogP contribution in [0.1, 0.15) is 28.4 Å². The predicted octanol–water partition coefficient (Wildman–Crippen LogP) is 4.99. The van der Waals surface area contributed by atoms with E-state index in [4.69, 9.17) is 18.9 Å². The Kier molecular flexibility index (Phi) is 8.19. The number of nitrogens with zero attached hydrogens (tertiary/aromatic N) is 1. The first-order valence-corrected chi connectivity index (χ1v) is 10.8. The minimum atomic E-state index is -0.125. The fraction of sp³-hybridized carbons (Fsp3) is 0.296. The van der Waals surface area contributed by atoms with Gasteiger partial charge in [-0.05, 0) is 42.7 Å². The second kappa shape index (κ2) is 11.3. The van der Waals surface area contributed by atoms with Crippen LogP contribution in [0.25, 0.3) is 0 Å². The van der Waals surface area contributed by atoms with Crippen LogP contribution in [-0.4, -0.2) is 45.3 Å². The van der Waals surface area contributed by atoms with Crippen molar-refractivity contribution in [3.63, 3.8) is 0 Å². The van der Waals surface area contributed by atoms with Crippen molar-refractivity contribution in [2.75, 3.05) is 28.4 Å². The lowest BCUT2D eigenvalue weighted by atomic mass is 10.0. The van der Waals surface area contributed by atoms with Crippen molar-refractivity contribution in [1.82, 2.24) is 4.90 Å². The highest BCUT2D eigenvalue weighted by atomic mass is 16.5. The first-order chi connectivity index (χ1) is 16.0. The fourth-order valence-electron chi connectivity index (χ4n) is 3.88. The van der Waals surface area contributed by atoms with E-state index in [9.17, 15) is 4.79 Å². The summed E-state index contributed by atoms with van der Waals surface area (Å²) < 4.78 is 21.9. The Morgan fingerprint density at radius 2 is 1.36 bits per heavy atom. The van der Waals surface area contributed by atoms with E-state index in [-0.39, 0.29) is 11.9 Å². The first-order valence-electron chi connectivity index (χ1n) is 10.8. The summed E-state index contributed by atoms with van der Waals surface area (Å²) in [4.78, 5) is 15.7. The largest absolute Gasteiger partial charge is 0.496 e. The molecule has 0 aliphatic carbocycles. The van der Waals surface area contributed by atoms with Crippen LogP contribution in [-0.2, 0) is 13.0 Å². The van der Waals surface area contributed by atoms with Crippen LogP contribution in [0.5, 0.6) is 23.0 Å². The maximum Gasteiger partial charge on any atom is 0.254 e. The topological polar surface area (TPSA) is 57.2 Å². The Labute approximate surface area is 195 Å². The zero-order valence-corrected chi connectivity index (χ0v) is 19.8. The number of para-hydroxylation sites is 1. The van der Waals surface area contributed by atoms with E-state index in [1.54, 1.807) is 26.4 Å². The molecule has 6 nitrogen and oxygen atoms in total. The summed E-state index contributed by atoms with van der Waals surface area (Å²) in [7, 11) is 6.28. The summed E-state index contributed by atoms with van der Waals surface area (Å²) in [6.45, 7) is 2.51. The normalized spacial score (nSPS) is 11.4. The number of carbonyl (C=O) groups excluding carboxylic acids is 1. The lowest BCUT2D eigenvalue weighted by Gasteiger charge is -2.30. The third-order valence-electron chi connectivity index (χ3n) is 5.61. The highest BCUT2D eigenvalue weighted by Crippen LogP contribution is 2.38. The molecule has 3 rings (SSSR count). The molecule has 0 fully saturated rings. The van der Waals surface area contributed by atoms with Crippen molar-refractivity contribution in [2.24, 2.45) is 0 Å². The van der Waals surface area contributed by atoms with Crippen LogP contribution < -0.4 is 18.9 Å². The molecular formula is C27H31NO5. The highest BCUT2D eigenvalue weighted by Gasteiger charge is 2.26. The van der Waals surface area contributed by atoms with Crippen molar-refractivity contribution < 1.29 is 23.7 Å². The fourth-order valence-corrected chi connectivity index (χ4v) is 3.88. The quantitative estimate of drug-likeness (QED) is 0.436. The van der Waals surface area contributed by atoms with Gasteiger partial charge in [0, 0.05) is 18.2 Å². The van der Waals surface area contributed by atoms with Gasteiger partial charge in [0.05, 0.1) is 28.4 Å². The second-order valence-electron chi connectivity index (χ2n) is 7.70. The molecule has 0 N–H and O–H groups in total. The summed E-state index contributed by atoms with van der Waals surface area (Å²) in [5.41, 5.74) is 2.56. The summed E-state index contributed by atoms with van der Waals surface area (Å²) in [6, 6.07) is 21.1. The molecule has 0 saturated carbocycles. The van der Waals surface area contributed by atoms with Crippen molar-refractivity contribution >= 4 is 5.91 Å². The average molecular weight is 450 g/mol. The molecule has 0 bridgehead atoms. The molecule has 3 aromatic carbocycles. The molecule has 1 atom stereocenters. The molecule has 0 spiro atoms. The molecular weight excluding hydrogens is 418 g/mol. The minimum Gasteiger partial charge on any atom is -0.496 e. The Morgan fingerprint density at radius 1 is 0.788 bits per heavy atom. The van der Waals surface area contributed by atoms with Crippen molar-refractivity contribution in [3.8, 4) is 23.0 Å². The Hall–Kier alpha value is -3.67. The van der Waals surface area contributed by atoms with Crippen LogP contribution in [0.3, 0.4) is 0 Å². The maximum absolute atomic E-state index is 13.8. The highest BCUT2D eigenvalue weighted by molar-refractivity contribution is 5.96. The van der Waals surface area contributed by atoms with Crippen LogP contribution in [0, 0.1) is 0 Å². The number of benzene rings is 3. The number of hydrogen-bond acceptors (Lipinski definition) is 5. The molecule has 0 unspecified atom stereocenters. The zero-order chi connectivity index (χ0) is 23.8. The molecule has 6 heteroatoms. The number of rotatable bonds is 10. The molecule has 3 aromatic rings. The van der Waals surface area contributed by atoms with Crippen LogP contribution in [0.4, 0.5) is 0 Å². The van der Waals surface area contributed by atoms with E-state index in [0.717, 1.165) is 16.9 Å². The SMILES string of the molecule is COc1ccccc1C[C@@H](C)N(Cc1ccccc1)C(=O)c1cc(OC)c(OC)c(OC)c1. The van der Waals surface area contributed by atoms with Gasteiger partial charge in [0.15, 0.2) is 11.5 Å². The Morgan fingerprint density at radius 3 is 1.94 bits per heavy atom. The van der Waals surface area contributed by atoms with Gasteiger partial charge in [-0.2, -0.15) is 0 Å². The Bertz CT molecular complexity index is 1040. The van der Waals surface area contributed by atoms with Gasteiger partial charge in [0.25, 0.3) is 5.91 Å². The number of amides is 1. The van der Waals surface area contributed by atoms with Gasteiger partial charge in [-0.25, -0.2) is 0 Å². The molecule has 1 amide bonds. The molecule has 0 aliphatic rings. The predicted molar refractivity (Wildman–Crippen MR) is 129 cm³/mol. The van der Waals surface area contributed by atoms with Gasteiger partial charge in [0.1, 0.15) is 5.75 Å². The van der Waals surface area contributed by atoms with Gasteiger partial charge in [-0.15, -0.1) is 0 Å². The number of methoxy groups -OCH3 is 4. The standard InChI is InChI=1S/C27H31NO5/c1-19(15-21-13-9-10-14-23(21)30-2)28(18-20-11-7-6-8-12-20)27(29)22-16-24(31-3)26(33-5)25(17-22)32-4/h6-14,16-17,19H,15,18H2,1-5H3/t19-/m1/s1. The summed E-state index contributed by atoms with van der Waals surface area (Å²) in [5, 5.41) is 0. The maximum atomic E-state index is 13.8. The van der Waals surface area contributed by atoms with Gasteiger partial charge in [0.2, 0.25) is 5.75 Å². The molecule has 0 aliphatic heterocycles. The summed E-state index contributed by atoms with van der Waals surface area (Å²) in [6.07, 6.45) is 0.646. The smallest absolute Gasteiger partial charge is 0.254 e. The van der Waals surface area contributed by atoms with Crippen molar-refractivity contribution in [3.05, 3.63) is 83.4 Å². The van der Waals surface area contributed by atoms with Gasteiger partial charge in [-0.1, -0.05) is 48.5 Å². The van der Waals surface area contributed by atoms with Crippen LogP contribution >= 0.6 is 0 Å². The zero-order valence-electron chi connectivity index (χ0n) is 19.8. The molecule has 0 radical (unpaired) electrons. The second-order valence-corrected chi connectivity index (χ2v) is 7.70. The van der Waals surface area contributed by atoms with Gasteiger partial charge >= 0.3 is 0 Å². The van der Waals surface area contributed by atoms with Gasteiger partial charge < -0.3 is 23.8 Å².